The summed E-state index contributed by atoms with van der Waals surface area (Å²) in [5.74, 6) is -0.333. The van der Waals surface area contributed by atoms with Crippen LogP contribution in [-0.2, 0) is 4.79 Å². The molecular formula is C16H15NO3. The van der Waals surface area contributed by atoms with Crippen LogP contribution in [0.4, 0.5) is 10.5 Å². The van der Waals surface area contributed by atoms with Crippen LogP contribution < -0.4 is 4.90 Å². The third-order valence-electron chi connectivity index (χ3n) is 3.22. The minimum atomic E-state index is -1.16. The number of rotatable bonds is 4. The van der Waals surface area contributed by atoms with Gasteiger partial charge >= 0.3 is 6.09 Å². The number of carboxylic acid groups (broad SMARTS) is 1. The summed E-state index contributed by atoms with van der Waals surface area (Å²) in [5, 5.41) is 11.3. The Kier molecular flexibility index (Phi) is 3.84. The monoisotopic (exact) mass is 269 g/mol. The zero-order chi connectivity index (χ0) is 14.7. The molecule has 2 aromatic carbocycles. The first-order valence-electron chi connectivity index (χ1n) is 6.22. The van der Waals surface area contributed by atoms with Crippen molar-refractivity contribution in [1.29, 1.82) is 0 Å². The van der Waals surface area contributed by atoms with Crippen molar-refractivity contribution < 1.29 is 14.7 Å². The molecule has 2 rings (SSSR count). The topological polar surface area (TPSA) is 57.6 Å². The predicted octanol–water partition coefficient (Wildman–Crippen LogP) is 3.47. The number of fused-ring (bicyclic) bond motifs is 1. The zero-order valence-electron chi connectivity index (χ0n) is 11.1. The normalized spacial score (nSPS) is 11.8. The van der Waals surface area contributed by atoms with Gasteiger partial charge in [-0.2, -0.15) is 0 Å². The largest absolute Gasteiger partial charge is 0.465 e. The van der Waals surface area contributed by atoms with Gasteiger partial charge < -0.3 is 5.11 Å². The maximum atomic E-state index is 11.7. The molecule has 2 aromatic rings. The molecule has 1 unspecified atom stereocenters. The van der Waals surface area contributed by atoms with Crippen molar-refractivity contribution in [3.05, 3.63) is 55.1 Å². The van der Waals surface area contributed by atoms with Crippen molar-refractivity contribution in [2.75, 3.05) is 4.90 Å². The molecule has 0 bridgehead atoms. The summed E-state index contributed by atoms with van der Waals surface area (Å²) in [6.45, 7) is 4.95. The fourth-order valence-corrected chi connectivity index (χ4v) is 2.12. The number of carbonyl (C=O) groups is 2. The molecule has 0 aliphatic rings. The summed E-state index contributed by atoms with van der Waals surface area (Å²) in [5.41, 5.74) is 0.471. The molecule has 0 radical (unpaired) electrons. The molecular weight excluding hydrogens is 254 g/mol. The van der Waals surface area contributed by atoms with E-state index in [4.69, 9.17) is 0 Å². The Labute approximate surface area is 116 Å². The van der Waals surface area contributed by atoms with Gasteiger partial charge in [-0.15, -0.1) is 0 Å². The summed E-state index contributed by atoms with van der Waals surface area (Å²) in [6.07, 6.45) is -0.0234. The molecule has 0 saturated heterocycles. The molecule has 0 fully saturated rings. The highest BCUT2D eigenvalue weighted by molar-refractivity contribution is 6.03. The van der Waals surface area contributed by atoms with Crippen molar-refractivity contribution in [3.63, 3.8) is 0 Å². The summed E-state index contributed by atoms with van der Waals surface area (Å²) in [4.78, 5) is 24.2. The fourth-order valence-electron chi connectivity index (χ4n) is 2.12. The lowest BCUT2D eigenvalue weighted by atomic mass is 10.1. The predicted molar refractivity (Wildman–Crippen MR) is 79.1 cm³/mol. The molecule has 0 aliphatic heterocycles. The summed E-state index contributed by atoms with van der Waals surface area (Å²) in [6, 6.07) is 12.1. The standard InChI is InChI=1S/C16H15NO3/c1-3-15(18)11(2)17(16(19)20)14-9-8-12-6-4-5-7-13(12)10-14/h3-11H,1H2,2H3,(H,19,20). The van der Waals surface area contributed by atoms with Crippen LogP contribution in [-0.4, -0.2) is 23.0 Å². The Hall–Kier alpha value is -2.62. The molecule has 4 nitrogen and oxygen atoms in total. The quantitative estimate of drug-likeness (QED) is 0.865. The molecule has 0 aromatic heterocycles. The van der Waals surface area contributed by atoms with E-state index in [1.54, 1.807) is 19.1 Å². The highest BCUT2D eigenvalue weighted by Crippen LogP contribution is 2.24. The number of nitrogens with zero attached hydrogens (tertiary/aromatic N) is 1. The third kappa shape index (κ3) is 2.54. The lowest BCUT2D eigenvalue weighted by Crippen LogP contribution is -2.42. The van der Waals surface area contributed by atoms with Crippen LogP contribution in [0.5, 0.6) is 0 Å². The Balaban J connectivity index is 2.49. The van der Waals surface area contributed by atoms with Crippen molar-refractivity contribution in [3.8, 4) is 0 Å². The molecule has 0 aliphatic carbocycles. The first-order chi connectivity index (χ1) is 9.54. The molecule has 0 spiro atoms. The molecule has 20 heavy (non-hydrogen) atoms. The number of ketones is 1. The number of hydrogen-bond acceptors (Lipinski definition) is 2. The summed E-state index contributed by atoms with van der Waals surface area (Å²) >= 11 is 0. The minimum Gasteiger partial charge on any atom is -0.465 e. The average molecular weight is 269 g/mol. The van der Waals surface area contributed by atoms with Crippen molar-refractivity contribution in [2.24, 2.45) is 0 Å². The van der Waals surface area contributed by atoms with Crippen LogP contribution in [0.3, 0.4) is 0 Å². The first-order valence-corrected chi connectivity index (χ1v) is 6.22. The Morgan fingerprint density at radius 1 is 1.20 bits per heavy atom. The molecule has 1 N–H and O–H groups in total. The van der Waals surface area contributed by atoms with Gasteiger partial charge in [0.1, 0.15) is 0 Å². The molecule has 4 heteroatoms. The van der Waals surface area contributed by atoms with Crippen LogP contribution in [0.1, 0.15) is 6.92 Å². The highest BCUT2D eigenvalue weighted by Gasteiger charge is 2.25. The van der Waals surface area contributed by atoms with Gasteiger partial charge in [0.05, 0.1) is 6.04 Å². The van der Waals surface area contributed by atoms with Crippen molar-refractivity contribution in [1.82, 2.24) is 0 Å². The van der Waals surface area contributed by atoms with E-state index in [2.05, 4.69) is 6.58 Å². The molecule has 1 amide bonds. The number of carbonyl (C=O) groups excluding carboxylic acids is 1. The number of benzene rings is 2. The van der Waals surface area contributed by atoms with Gasteiger partial charge in [0.2, 0.25) is 0 Å². The van der Waals surface area contributed by atoms with Crippen LogP contribution in [0.25, 0.3) is 10.8 Å². The number of amides is 1. The maximum absolute atomic E-state index is 11.7. The van der Waals surface area contributed by atoms with E-state index in [1.807, 2.05) is 30.3 Å². The molecule has 0 heterocycles. The van der Waals surface area contributed by atoms with E-state index >= 15 is 0 Å². The smallest absolute Gasteiger partial charge is 0.412 e. The molecule has 102 valence electrons. The lowest BCUT2D eigenvalue weighted by molar-refractivity contribution is -0.115. The maximum Gasteiger partial charge on any atom is 0.412 e. The zero-order valence-corrected chi connectivity index (χ0v) is 11.1. The van der Waals surface area contributed by atoms with E-state index in [0.717, 1.165) is 21.7 Å². The van der Waals surface area contributed by atoms with Crippen LogP contribution in [0, 0.1) is 0 Å². The van der Waals surface area contributed by atoms with E-state index < -0.39 is 12.1 Å². The first kappa shape index (κ1) is 13.8. The van der Waals surface area contributed by atoms with Gasteiger partial charge in [0.15, 0.2) is 5.78 Å². The van der Waals surface area contributed by atoms with E-state index in [9.17, 15) is 14.7 Å². The number of hydrogen-bond donors (Lipinski definition) is 1. The van der Waals surface area contributed by atoms with Gasteiger partial charge in [-0.05, 0) is 35.9 Å². The second-order valence-electron chi connectivity index (χ2n) is 4.47. The van der Waals surface area contributed by atoms with Gasteiger partial charge in [0, 0.05) is 5.69 Å². The van der Waals surface area contributed by atoms with Crippen molar-refractivity contribution in [2.45, 2.75) is 13.0 Å². The van der Waals surface area contributed by atoms with Gasteiger partial charge in [-0.1, -0.05) is 36.9 Å². The summed E-state index contributed by atoms with van der Waals surface area (Å²) < 4.78 is 0. The SMILES string of the molecule is C=CC(=O)C(C)N(C(=O)O)c1ccc2ccccc2c1. The highest BCUT2D eigenvalue weighted by atomic mass is 16.4. The van der Waals surface area contributed by atoms with Crippen LogP contribution in [0.15, 0.2) is 55.1 Å². The van der Waals surface area contributed by atoms with Crippen LogP contribution in [0.2, 0.25) is 0 Å². The average Bonchev–Trinajstić information content (AvgIpc) is 2.46. The van der Waals surface area contributed by atoms with E-state index in [1.165, 1.54) is 0 Å². The van der Waals surface area contributed by atoms with Crippen molar-refractivity contribution >= 4 is 28.3 Å². The summed E-state index contributed by atoms with van der Waals surface area (Å²) in [7, 11) is 0. The van der Waals surface area contributed by atoms with Gasteiger partial charge in [-0.3, -0.25) is 9.69 Å². The third-order valence-corrected chi connectivity index (χ3v) is 3.22. The second kappa shape index (κ2) is 5.57. The van der Waals surface area contributed by atoms with Gasteiger partial charge in [-0.25, -0.2) is 4.79 Å². The van der Waals surface area contributed by atoms with Crippen LogP contribution >= 0.6 is 0 Å². The Morgan fingerprint density at radius 2 is 1.85 bits per heavy atom. The Bertz CT molecular complexity index is 678. The Morgan fingerprint density at radius 3 is 2.45 bits per heavy atom. The second-order valence-corrected chi connectivity index (χ2v) is 4.47. The van der Waals surface area contributed by atoms with E-state index in [0.29, 0.717) is 5.69 Å². The molecule has 0 saturated carbocycles. The minimum absolute atomic E-state index is 0.333. The fraction of sp³-hybridized carbons (Fsp3) is 0.125. The molecule has 1 atom stereocenters. The lowest BCUT2D eigenvalue weighted by Gasteiger charge is -2.24. The number of anilines is 1. The van der Waals surface area contributed by atoms with E-state index in [-0.39, 0.29) is 5.78 Å². The van der Waals surface area contributed by atoms with Gasteiger partial charge in [0.25, 0.3) is 0 Å².